The van der Waals surface area contributed by atoms with E-state index in [1.807, 2.05) is 54.6 Å². The van der Waals surface area contributed by atoms with Gasteiger partial charge < -0.3 is 30.7 Å². The van der Waals surface area contributed by atoms with E-state index in [0.717, 1.165) is 42.4 Å². The molecule has 1 saturated heterocycles. The number of rotatable bonds is 15. The van der Waals surface area contributed by atoms with Crippen molar-refractivity contribution >= 4 is 25.0 Å². The Morgan fingerprint density at radius 3 is 2.14 bits per heavy atom. The van der Waals surface area contributed by atoms with Crippen LogP contribution < -0.4 is 10.6 Å². The number of hydrogen-bond donors (Lipinski definition) is 5. The van der Waals surface area contributed by atoms with E-state index in [1.165, 1.54) is 30.6 Å². The standard InChI is InChI=1S/C24H40BN3O4.C9H9NO2/c1-2-3-4-5-6-7-11-16-22(25(31)32)27-24(30)21-15-12-17-28(21)23(29)19-26-18-20-13-9-8-10-14-20;11-9(12)10-5-7-3-1-2-4-8(7)6-10/h8-10,13-14,21-22,26,31-32H,2-7,11-12,15-19H2,1H3,(H,27,30);1-4H,5-6H2,(H,11,12)/t21?,22-;/m0./s1. The van der Waals surface area contributed by atoms with Gasteiger partial charge in [0.15, 0.2) is 0 Å². The van der Waals surface area contributed by atoms with Crippen LogP contribution in [0.1, 0.15) is 87.8 Å². The van der Waals surface area contributed by atoms with Gasteiger partial charge in [0.25, 0.3) is 0 Å². The maximum Gasteiger partial charge on any atom is 0.475 e. The first-order valence-electron chi connectivity index (χ1n) is 16.1. The van der Waals surface area contributed by atoms with Crippen molar-refractivity contribution in [3.05, 3.63) is 71.3 Å². The Labute approximate surface area is 262 Å². The molecular weight excluding hydrogens is 559 g/mol. The number of unbranched alkanes of at least 4 members (excludes halogenated alkanes) is 6. The molecule has 240 valence electrons. The van der Waals surface area contributed by atoms with Crippen LogP contribution in [-0.2, 0) is 29.2 Å². The van der Waals surface area contributed by atoms with Crippen molar-refractivity contribution in [2.24, 2.45) is 0 Å². The molecule has 2 aliphatic rings. The maximum absolute atomic E-state index is 12.8. The van der Waals surface area contributed by atoms with Crippen LogP contribution in [0.25, 0.3) is 0 Å². The first-order valence-corrected chi connectivity index (χ1v) is 16.1. The van der Waals surface area contributed by atoms with Crippen molar-refractivity contribution in [2.75, 3.05) is 13.1 Å². The summed E-state index contributed by atoms with van der Waals surface area (Å²) in [4.78, 5) is 39.1. The fourth-order valence-electron chi connectivity index (χ4n) is 5.71. The van der Waals surface area contributed by atoms with Crippen LogP contribution in [0, 0.1) is 0 Å². The topological polar surface area (TPSA) is 142 Å². The van der Waals surface area contributed by atoms with Crippen molar-refractivity contribution in [3.63, 3.8) is 0 Å². The molecule has 1 unspecified atom stereocenters. The van der Waals surface area contributed by atoms with Crippen LogP contribution in [0.2, 0.25) is 0 Å². The van der Waals surface area contributed by atoms with Crippen molar-refractivity contribution < 1.29 is 29.5 Å². The molecule has 0 aromatic heterocycles. The van der Waals surface area contributed by atoms with Gasteiger partial charge in [-0.25, -0.2) is 4.79 Å². The molecule has 3 amide bonds. The van der Waals surface area contributed by atoms with Crippen molar-refractivity contribution in [1.29, 1.82) is 0 Å². The van der Waals surface area contributed by atoms with Crippen molar-refractivity contribution in [1.82, 2.24) is 20.4 Å². The Balaban J connectivity index is 0.000000363. The maximum atomic E-state index is 12.8. The van der Waals surface area contributed by atoms with E-state index >= 15 is 0 Å². The summed E-state index contributed by atoms with van der Waals surface area (Å²) in [6.45, 7) is 4.57. The lowest BCUT2D eigenvalue weighted by atomic mass is 9.76. The van der Waals surface area contributed by atoms with Gasteiger partial charge in [-0.15, -0.1) is 0 Å². The highest BCUT2D eigenvalue weighted by molar-refractivity contribution is 6.43. The zero-order chi connectivity index (χ0) is 31.7. The predicted octanol–water partition coefficient (Wildman–Crippen LogP) is 4.08. The molecule has 2 atom stereocenters. The molecule has 5 N–H and O–H groups in total. The monoisotopic (exact) mass is 608 g/mol. The van der Waals surface area contributed by atoms with Gasteiger partial charge >= 0.3 is 13.2 Å². The largest absolute Gasteiger partial charge is 0.475 e. The van der Waals surface area contributed by atoms with E-state index in [1.54, 1.807) is 4.90 Å². The highest BCUT2D eigenvalue weighted by Gasteiger charge is 2.36. The SMILES string of the molecule is CCCCCCCCC[C@H](NC(=O)C1CCCN1C(=O)CNCc1ccccc1)B(O)O.O=C(O)N1Cc2ccccc2C1. The zero-order valence-corrected chi connectivity index (χ0v) is 26.0. The Morgan fingerprint density at radius 1 is 0.909 bits per heavy atom. The van der Waals surface area contributed by atoms with Gasteiger partial charge in [0, 0.05) is 26.2 Å². The average molecular weight is 609 g/mol. The van der Waals surface area contributed by atoms with Gasteiger partial charge in [0.1, 0.15) is 6.04 Å². The first kappa shape index (κ1) is 35.1. The number of likely N-dealkylation sites (tertiary alicyclic amines) is 1. The third-order valence-electron chi connectivity index (χ3n) is 8.24. The van der Waals surface area contributed by atoms with E-state index in [9.17, 15) is 24.4 Å². The molecule has 0 aliphatic carbocycles. The van der Waals surface area contributed by atoms with Crippen LogP contribution in [0.3, 0.4) is 0 Å². The Morgan fingerprint density at radius 2 is 1.52 bits per heavy atom. The van der Waals surface area contributed by atoms with E-state index in [0.29, 0.717) is 39.0 Å². The van der Waals surface area contributed by atoms with Gasteiger partial charge in [0.05, 0.1) is 12.5 Å². The highest BCUT2D eigenvalue weighted by Crippen LogP contribution is 2.22. The van der Waals surface area contributed by atoms with Crippen LogP contribution >= 0.6 is 0 Å². The molecule has 4 rings (SSSR count). The van der Waals surface area contributed by atoms with E-state index in [2.05, 4.69) is 17.6 Å². The number of carbonyl (C=O) groups is 3. The lowest BCUT2D eigenvalue weighted by Gasteiger charge is -2.26. The van der Waals surface area contributed by atoms with E-state index < -0.39 is 25.2 Å². The molecule has 11 heteroatoms. The number of nitrogens with zero attached hydrogens (tertiary/aromatic N) is 2. The van der Waals surface area contributed by atoms with Crippen LogP contribution in [0.15, 0.2) is 54.6 Å². The fraction of sp³-hybridized carbons (Fsp3) is 0.545. The minimum absolute atomic E-state index is 0.105. The average Bonchev–Trinajstić information content (AvgIpc) is 3.69. The van der Waals surface area contributed by atoms with Crippen LogP contribution in [0.4, 0.5) is 4.79 Å². The summed E-state index contributed by atoms with van der Waals surface area (Å²) in [5.74, 6) is -1.10. The lowest BCUT2D eigenvalue weighted by Crippen LogP contribution is -2.54. The second-order valence-electron chi connectivity index (χ2n) is 11.7. The third-order valence-corrected chi connectivity index (χ3v) is 8.24. The third kappa shape index (κ3) is 11.6. The number of fused-ring (bicyclic) bond motifs is 1. The van der Waals surface area contributed by atoms with E-state index in [-0.39, 0.29) is 18.4 Å². The Kier molecular flexibility index (Phi) is 15.2. The summed E-state index contributed by atoms with van der Waals surface area (Å²) in [6, 6.07) is 17.1. The summed E-state index contributed by atoms with van der Waals surface area (Å²) in [5.41, 5.74) is 3.35. The zero-order valence-electron chi connectivity index (χ0n) is 26.0. The number of benzene rings is 2. The smallest absolute Gasteiger partial charge is 0.465 e. The molecule has 44 heavy (non-hydrogen) atoms. The molecule has 0 spiro atoms. The minimum Gasteiger partial charge on any atom is -0.465 e. The van der Waals surface area contributed by atoms with Gasteiger partial charge in [-0.2, -0.15) is 0 Å². The fourth-order valence-corrected chi connectivity index (χ4v) is 5.71. The van der Waals surface area contributed by atoms with Crippen molar-refractivity contribution in [2.45, 2.75) is 103 Å². The van der Waals surface area contributed by atoms with Gasteiger partial charge in [-0.1, -0.05) is 106 Å². The second kappa shape index (κ2) is 19.1. The molecule has 2 aliphatic heterocycles. The molecule has 10 nitrogen and oxygen atoms in total. The van der Waals surface area contributed by atoms with Gasteiger partial charge in [-0.3, -0.25) is 14.5 Å². The molecular formula is C33H49BN4O6. The lowest BCUT2D eigenvalue weighted by molar-refractivity contribution is -0.138. The molecule has 2 aromatic carbocycles. The minimum atomic E-state index is -1.60. The Hall–Kier alpha value is -3.41. The molecule has 1 fully saturated rings. The summed E-state index contributed by atoms with van der Waals surface area (Å²) in [7, 11) is -1.60. The predicted molar refractivity (Wildman–Crippen MR) is 171 cm³/mol. The van der Waals surface area contributed by atoms with Crippen LogP contribution in [0.5, 0.6) is 0 Å². The number of carboxylic acid groups (broad SMARTS) is 1. The number of amides is 3. The molecule has 0 saturated carbocycles. The number of hydrogen-bond acceptors (Lipinski definition) is 6. The summed E-state index contributed by atoms with van der Waals surface area (Å²) in [5, 5.41) is 34.1. The summed E-state index contributed by atoms with van der Waals surface area (Å²) < 4.78 is 0. The molecule has 2 aromatic rings. The summed E-state index contributed by atoms with van der Waals surface area (Å²) >= 11 is 0. The Bertz CT molecular complexity index is 1140. The van der Waals surface area contributed by atoms with Crippen molar-refractivity contribution in [3.8, 4) is 0 Å². The van der Waals surface area contributed by atoms with Gasteiger partial charge in [-0.05, 0) is 36.0 Å². The van der Waals surface area contributed by atoms with Crippen LogP contribution in [-0.4, -0.2) is 75.1 Å². The highest BCUT2D eigenvalue weighted by atomic mass is 16.4. The molecule has 0 radical (unpaired) electrons. The number of nitrogens with one attached hydrogen (secondary N) is 2. The normalized spacial score (nSPS) is 16.1. The first-order chi connectivity index (χ1) is 21.3. The molecule has 0 bridgehead atoms. The van der Waals surface area contributed by atoms with Gasteiger partial charge in [0.2, 0.25) is 11.8 Å². The molecule has 2 heterocycles. The quantitative estimate of drug-likeness (QED) is 0.152. The summed E-state index contributed by atoms with van der Waals surface area (Å²) in [6.07, 6.45) is 8.95. The second-order valence-corrected chi connectivity index (χ2v) is 11.7. The van der Waals surface area contributed by atoms with E-state index in [4.69, 9.17) is 5.11 Å². The number of carbonyl (C=O) groups excluding carboxylic acids is 2.